The van der Waals surface area contributed by atoms with Gasteiger partial charge in [-0.1, -0.05) is 48.2 Å². The second kappa shape index (κ2) is 7.66. The van der Waals surface area contributed by atoms with Crippen molar-refractivity contribution in [3.63, 3.8) is 0 Å². The Labute approximate surface area is 156 Å². The number of hydrogen-bond donors (Lipinski definition) is 0. The highest BCUT2D eigenvalue weighted by atomic mass is 32.2. The van der Waals surface area contributed by atoms with Crippen molar-refractivity contribution >= 4 is 28.9 Å². The Morgan fingerprint density at radius 3 is 2.88 bits per heavy atom. The van der Waals surface area contributed by atoms with Crippen molar-refractivity contribution in [1.82, 2.24) is 4.90 Å². The van der Waals surface area contributed by atoms with Gasteiger partial charge >= 0.3 is 0 Å². The molecule has 0 spiro atoms. The molecule has 1 fully saturated rings. The quantitative estimate of drug-likeness (QED) is 0.777. The minimum atomic E-state index is -0.0560. The first-order chi connectivity index (χ1) is 12.8. The van der Waals surface area contributed by atoms with E-state index in [4.69, 9.17) is 9.47 Å². The molecule has 6 heteroatoms. The third-order valence-corrected chi connectivity index (χ3v) is 5.09. The molecule has 2 aliphatic heterocycles. The number of amides is 1. The molecule has 0 N–H and O–H groups in total. The maximum Gasteiger partial charge on any atom is 0.252 e. The third kappa shape index (κ3) is 3.75. The summed E-state index contributed by atoms with van der Waals surface area (Å²) in [7, 11) is 0. The first-order valence-corrected chi connectivity index (χ1v) is 9.38. The van der Waals surface area contributed by atoms with E-state index in [1.165, 1.54) is 0 Å². The number of aliphatic imine (C=N–C) groups is 1. The number of amidine groups is 1. The van der Waals surface area contributed by atoms with Crippen LogP contribution in [0.5, 0.6) is 11.5 Å². The first kappa shape index (κ1) is 16.7. The zero-order chi connectivity index (χ0) is 17.8. The number of rotatable bonds is 4. The van der Waals surface area contributed by atoms with Crippen LogP contribution < -0.4 is 9.47 Å². The number of ether oxygens (including phenoxy) is 2. The molecule has 2 aliphatic rings. The van der Waals surface area contributed by atoms with E-state index in [1.54, 1.807) is 28.8 Å². The third-order valence-electron chi connectivity index (χ3n) is 4.10. The SMILES string of the molecule is O=C(C=Cc1ccc2c(c1)OCO2)N1CCSC1=NCc1ccccc1. The summed E-state index contributed by atoms with van der Waals surface area (Å²) >= 11 is 1.62. The van der Waals surface area contributed by atoms with E-state index in [9.17, 15) is 4.79 Å². The molecular formula is C20H18N2O3S. The molecule has 0 atom stereocenters. The Kier molecular flexibility index (Phi) is 4.93. The standard InChI is InChI=1S/C20H18N2O3S/c23-19(9-7-15-6-8-17-18(12-15)25-14-24-17)22-10-11-26-20(22)21-13-16-4-2-1-3-5-16/h1-9,12H,10-11,13-14H2. The van der Waals surface area contributed by atoms with Gasteiger partial charge in [-0.3, -0.25) is 14.7 Å². The molecule has 5 nitrogen and oxygen atoms in total. The van der Waals surface area contributed by atoms with Crippen LogP contribution in [0.3, 0.4) is 0 Å². The number of carbonyl (C=O) groups is 1. The zero-order valence-corrected chi connectivity index (χ0v) is 14.9. The summed E-state index contributed by atoms with van der Waals surface area (Å²) in [6, 6.07) is 15.7. The molecule has 0 saturated carbocycles. The average Bonchev–Trinajstić information content (AvgIpc) is 3.34. The van der Waals surface area contributed by atoms with Crippen molar-refractivity contribution in [1.29, 1.82) is 0 Å². The number of hydrogen-bond acceptors (Lipinski definition) is 5. The summed E-state index contributed by atoms with van der Waals surface area (Å²) in [6.45, 7) is 1.51. The summed E-state index contributed by atoms with van der Waals surface area (Å²) in [6.07, 6.45) is 3.38. The van der Waals surface area contributed by atoms with Crippen LogP contribution in [0.25, 0.3) is 6.08 Å². The Morgan fingerprint density at radius 1 is 1.15 bits per heavy atom. The van der Waals surface area contributed by atoms with E-state index in [0.29, 0.717) is 18.8 Å². The van der Waals surface area contributed by atoms with Gasteiger partial charge in [-0.15, -0.1) is 0 Å². The van der Waals surface area contributed by atoms with Crippen LogP contribution in [-0.4, -0.2) is 35.1 Å². The van der Waals surface area contributed by atoms with Gasteiger partial charge in [-0.25, -0.2) is 0 Å². The fourth-order valence-electron chi connectivity index (χ4n) is 2.75. The summed E-state index contributed by atoms with van der Waals surface area (Å²) in [5.41, 5.74) is 2.04. The molecule has 2 aromatic carbocycles. The largest absolute Gasteiger partial charge is 0.454 e. The average molecular weight is 366 g/mol. The Balaban J connectivity index is 1.43. The minimum absolute atomic E-state index is 0.0560. The highest BCUT2D eigenvalue weighted by Gasteiger charge is 2.23. The van der Waals surface area contributed by atoms with Crippen molar-refractivity contribution in [2.75, 3.05) is 19.1 Å². The highest BCUT2D eigenvalue weighted by molar-refractivity contribution is 8.14. The highest BCUT2D eigenvalue weighted by Crippen LogP contribution is 2.32. The van der Waals surface area contributed by atoms with Gasteiger partial charge in [0.15, 0.2) is 16.7 Å². The lowest BCUT2D eigenvalue weighted by atomic mass is 10.2. The summed E-state index contributed by atoms with van der Waals surface area (Å²) < 4.78 is 10.7. The topological polar surface area (TPSA) is 51.1 Å². The van der Waals surface area contributed by atoms with Crippen LogP contribution in [-0.2, 0) is 11.3 Å². The molecule has 0 aliphatic carbocycles. The van der Waals surface area contributed by atoms with Gasteiger partial charge in [-0.05, 0) is 29.3 Å². The lowest BCUT2D eigenvalue weighted by molar-refractivity contribution is -0.121. The van der Waals surface area contributed by atoms with Crippen molar-refractivity contribution in [3.05, 3.63) is 65.7 Å². The summed E-state index contributed by atoms with van der Waals surface area (Å²) in [4.78, 5) is 18.9. The number of carbonyl (C=O) groups excluding carboxylic acids is 1. The van der Waals surface area contributed by atoms with Crippen molar-refractivity contribution in [2.24, 2.45) is 4.99 Å². The van der Waals surface area contributed by atoms with E-state index < -0.39 is 0 Å². The van der Waals surface area contributed by atoms with E-state index in [-0.39, 0.29) is 12.7 Å². The predicted molar refractivity (Wildman–Crippen MR) is 103 cm³/mol. The maximum absolute atomic E-state index is 12.6. The van der Waals surface area contributed by atoms with Gasteiger partial charge < -0.3 is 9.47 Å². The molecular weight excluding hydrogens is 348 g/mol. The normalized spacial score (nSPS) is 17.4. The fourth-order valence-corrected chi connectivity index (χ4v) is 3.70. The Bertz CT molecular complexity index is 865. The number of nitrogens with zero attached hydrogens (tertiary/aromatic N) is 2. The van der Waals surface area contributed by atoms with Gasteiger partial charge in [0.25, 0.3) is 5.91 Å². The first-order valence-electron chi connectivity index (χ1n) is 8.40. The Morgan fingerprint density at radius 2 is 2.00 bits per heavy atom. The summed E-state index contributed by atoms with van der Waals surface area (Å²) in [5, 5.41) is 0.786. The monoisotopic (exact) mass is 366 g/mol. The van der Waals surface area contributed by atoms with Gasteiger partial charge in [-0.2, -0.15) is 0 Å². The molecule has 26 heavy (non-hydrogen) atoms. The molecule has 132 valence electrons. The smallest absolute Gasteiger partial charge is 0.252 e. The predicted octanol–water partition coefficient (Wildman–Crippen LogP) is 3.56. The molecule has 4 rings (SSSR count). The minimum Gasteiger partial charge on any atom is -0.454 e. The molecule has 0 bridgehead atoms. The lowest BCUT2D eigenvalue weighted by Gasteiger charge is -2.13. The van der Waals surface area contributed by atoms with Crippen molar-refractivity contribution in [2.45, 2.75) is 6.54 Å². The molecule has 1 amide bonds. The number of fused-ring (bicyclic) bond motifs is 1. The molecule has 0 radical (unpaired) electrons. The van der Waals surface area contributed by atoms with Crippen LogP contribution in [0, 0.1) is 0 Å². The van der Waals surface area contributed by atoms with E-state index in [1.807, 2.05) is 48.5 Å². The van der Waals surface area contributed by atoms with Crippen LogP contribution in [0.4, 0.5) is 0 Å². The van der Waals surface area contributed by atoms with Crippen LogP contribution in [0.15, 0.2) is 59.6 Å². The van der Waals surface area contributed by atoms with Crippen LogP contribution in [0.1, 0.15) is 11.1 Å². The van der Waals surface area contributed by atoms with Gasteiger partial charge in [0.1, 0.15) is 0 Å². The molecule has 2 heterocycles. The molecule has 2 aromatic rings. The number of thioether (sulfide) groups is 1. The van der Waals surface area contributed by atoms with Crippen LogP contribution >= 0.6 is 11.8 Å². The van der Waals surface area contributed by atoms with Gasteiger partial charge in [0.05, 0.1) is 6.54 Å². The van der Waals surface area contributed by atoms with E-state index in [2.05, 4.69) is 4.99 Å². The second-order valence-corrected chi connectivity index (χ2v) is 6.93. The van der Waals surface area contributed by atoms with Crippen molar-refractivity contribution < 1.29 is 14.3 Å². The van der Waals surface area contributed by atoms with Crippen LogP contribution in [0.2, 0.25) is 0 Å². The Hall–Kier alpha value is -2.73. The van der Waals surface area contributed by atoms with Crippen molar-refractivity contribution in [3.8, 4) is 11.5 Å². The lowest BCUT2D eigenvalue weighted by Crippen LogP contribution is -2.30. The van der Waals surface area contributed by atoms with E-state index in [0.717, 1.165) is 27.8 Å². The maximum atomic E-state index is 12.6. The number of benzene rings is 2. The molecule has 0 aromatic heterocycles. The molecule has 0 unspecified atom stereocenters. The fraction of sp³-hybridized carbons (Fsp3) is 0.200. The second-order valence-electron chi connectivity index (χ2n) is 5.87. The van der Waals surface area contributed by atoms with E-state index >= 15 is 0 Å². The van der Waals surface area contributed by atoms with Gasteiger partial charge in [0, 0.05) is 18.4 Å². The molecule has 1 saturated heterocycles. The zero-order valence-electron chi connectivity index (χ0n) is 14.1. The van der Waals surface area contributed by atoms with Gasteiger partial charge in [0.2, 0.25) is 6.79 Å². The summed E-state index contributed by atoms with van der Waals surface area (Å²) in [5.74, 6) is 2.26.